The molecule has 0 saturated carbocycles. The number of carbonyl (C=O) groups is 1. The minimum absolute atomic E-state index is 0.0495. The van der Waals surface area contributed by atoms with Crippen LogP contribution in [0.15, 0.2) is 33.6 Å². The molecule has 0 spiro atoms. The standard InChI is InChI=1S/C14H21BrN2O3S/c1-11(2)10-17(12(3)18)9-8-16-21(19,20)14-6-4-13(15)5-7-14/h4-7,11,16H,8-10H2,1-3H3. The zero-order valence-electron chi connectivity index (χ0n) is 12.5. The lowest BCUT2D eigenvalue weighted by Crippen LogP contribution is -2.39. The van der Waals surface area contributed by atoms with E-state index in [9.17, 15) is 13.2 Å². The molecule has 0 heterocycles. The summed E-state index contributed by atoms with van der Waals surface area (Å²) in [5, 5.41) is 0. The maximum Gasteiger partial charge on any atom is 0.240 e. The average Bonchev–Trinajstić information content (AvgIpc) is 2.37. The Hall–Kier alpha value is -0.920. The van der Waals surface area contributed by atoms with Crippen molar-refractivity contribution in [2.75, 3.05) is 19.6 Å². The Morgan fingerprint density at radius 1 is 1.29 bits per heavy atom. The molecular formula is C14H21BrN2O3S. The van der Waals surface area contributed by atoms with Gasteiger partial charge in [0.1, 0.15) is 0 Å². The van der Waals surface area contributed by atoms with E-state index >= 15 is 0 Å². The predicted octanol–water partition coefficient (Wildman–Crippen LogP) is 2.23. The average molecular weight is 377 g/mol. The third-order valence-corrected chi connectivity index (χ3v) is 4.83. The van der Waals surface area contributed by atoms with Gasteiger partial charge in [-0.25, -0.2) is 13.1 Å². The number of halogens is 1. The van der Waals surface area contributed by atoms with Gasteiger partial charge in [0.2, 0.25) is 15.9 Å². The first-order chi connectivity index (χ1) is 9.72. The molecule has 0 bridgehead atoms. The van der Waals surface area contributed by atoms with Crippen molar-refractivity contribution in [1.82, 2.24) is 9.62 Å². The second kappa shape index (κ2) is 7.91. The van der Waals surface area contributed by atoms with Gasteiger partial charge >= 0.3 is 0 Å². The molecule has 1 aromatic carbocycles. The van der Waals surface area contributed by atoms with Gasteiger partial charge in [-0.2, -0.15) is 0 Å². The summed E-state index contributed by atoms with van der Waals surface area (Å²) in [7, 11) is -3.54. The first kappa shape index (κ1) is 18.1. The van der Waals surface area contributed by atoms with Crippen LogP contribution < -0.4 is 4.72 Å². The van der Waals surface area contributed by atoms with Crippen LogP contribution in [0.4, 0.5) is 0 Å². The third kappa shape index (κ3) is 6.15. The van der Waals surface area contributed by atoms with Crippen LogP contribution in [0.2, 0.25) is 0 Å². The topological polar surface area (TPSA) is 66.5 Å². The highest BCUT2D eigenvalue weighted by Crippen LogP contribution is 2.14. The number of hydrogen-bond acceptors (Lipinski definition) is 3. The van der Waals surface area contributed by atoms with Gasteiger partial charge in [0.15, 0.2) is 0 Å². The van der Waals surface area contributed by atoms with Crippen molar-refractivity contribution < 1.29 is 13.2 Å². The van der Waals surface area contributed by atoms with Crippen LogP contribution in [-0.4, -0.2) is 38.9 Å². The summed E-state index contributed by atoms with van der Waals surface area (Å²) in [6.45, 7) is 6.71. The molecule has 0 aromatic heterocycles. The molecule has 0 saturated heterocycles. The summed E-state index contributed by atoms with van der Waals surface area (Å²) >= 11 is 3.26. The lowest BCUT2D eigenvalue weighted by molar-refractivity contribution is -0.129. The zero-order valence-corrected chi connectivity index (χ0v) is 14.9. The fraction of sp³-hybridized carbons (Fsp3) is 0.500. The van der Waals surface area contributed by atoms with Gasteiger partial charge in [-0.15, -0.1) is 0 Å². The molecule has 0 aliphatic heterocycles. The Bertz CT molecular complexity index is 570. The summed E-state index contributed by atoms with van der Waals surface area (Å²) in [6, 6.07) is 6.41. The third-order valence-electron chi connectivity index (χ3n) is 2.83. The number of carbonyl (C=O) groups excluding carboxylic acids is 1. The largest absolute Gasteiger partial charge is 0.341 e. The van der Waals surface area contributed by atoms with Crippen LogP contribution in [-0.2, 0) is 14.8 Å². The second-order valence-corrected chi connectivity index (χ2v) is 7.89. The maximum atomic E-state index is 12.1. The van der Waals surface area contributed by atoms with Gasteiger partial charge in [0, 0.05) is 31.0 Å². The quantitative estimate of drug-likeness (QED) is 0.793. The SMILES string of the molecule is CC(=O)N(CCNS(=O)(=O)c1ccc(Br)cc1)CC(C)C. The van der Waals surface area contributed by atoms with Crippen LogP contribution in [0.25, 0.3) is 0 Å². The van der Waals surface area contributed by atoms with Crippen LogP contribution in [0.1, 0.15) is 20.8 Å². The fourth-order valence-corrected chi connectivity index (χ4v) is 3.12. The van der Waals surface area contributed by atoms with Crippen molar-refractivity contribution in [2.45, 2.75) is 25.7 Å². The van der Waals surface area contributed by atoms with Gasteiger partial charge in [0.05, 0.1) is 4.90 Å². The number of benzene rings is 1. The van der Waals surface area contributed by atoms with E-state index in [1.54, 1.807) is 17.0 Å². The molecule has 5 nitrogen and oxygen atoms in total. The number of nitrogens with zero attached hydrogens (tertiary/aromatic N) is 1. The lowest BCUT2D eigenvalue weighted by Gasteiger charge is -2.23. The van der Waals surface area contributed by atoms with Gasteiger partial charge in [-0.1, -0.05) is 29.8 Å². The first-order valence-electron chi connectivity index (χ1n) is 6.73. The molecule has 1 rings (SSSR count). The lowest BCUT2D eigenvalue weighted by atomic mass is 10.2. The molecule has 21 heavy (non-hydrogen) atoms. The summed E-state index contributed by atoms with van der Waals surface area (Å²) in [4.78, 5) is 13.3. The van der Waals surface area contributed by atoms with E-state index in [1.165, 1.54) is 19.1 Å². The van der Waals surface area contributed by atoms with Gasteiger partial charge in [-0.05, 0) is 30.2 Å². The van der Waals surface area contributed by atoms with E-state index in [4.69, 9.17) is 0 Å². The Labute approximate surface area is 134 Å². The van der Waals surface area contributed by atoms with Crippen molar-refractivity contribution in [3.8, 4) is 0 Å². The summed E-state index contributed by atoms with van der Waals surface area (Å²) in [6.07, 6.45) is 0. The van der Waals surface area contributed by atoms with E-state index < -0.39 is 10.0 Å². The predicted molar refractivity (Wildman–Crippen MR) is 86.4 cm³/mol. The van der Waals surface area contributed by atoms with Crippen molar-refractivity contribution in [2.24, 2.45) is 5.92 Å². The molecule has 0 atom stereocenters. The first-order valence-corrected chi connectivity index (χ1v) is 9.00. The zero-order chi connectivity index (χ0) is 16.0. The second-order valence-electron chi connectivity index (χ2n) is 5.21. The van der Waals surface area contributed by atoms with Crippen LogP contribution in [0, 0.1) is 5.92 Å². The van der Waals surface area contributed by atoms with Crippen molar-refractivity contribution in [3.05, 3.63) is 28.7 Å². The Balaban J connectivity index is 2.61. The summed E-state index contributed by atoms with van der Waals surface area (Å²) in [5.74, 6) is 0.295. The summed E-state index contributed by atoms with van der Waals surface area (Å²) in [5.41, 5.74) is 0. The number of amides is 1. The smallest absolute Gasteiger partial charge is 0.240 e. The molecule has 0 fully saturated rings. The number of sulfonamides is 1. The Morgan fingerprint density at radius 2 is 1.86 bits per heavy atom. The van der Waals surface area contributed by atoms with E-state index in [0.717, 1.165) is 4.47 Å². The van der Waals surface area contributed by atoms with E-state index in [1.807, 2.05) is 13.8 Å². The minimum Gasteiger partial charge on any atom is -0.341 e. The molecule has 0 radical (unpaired) electrons. The summed E-state index contributed by atoms with van der Waals surface area (Å²) < 4.78 is 27.5. The molecule has 118 valence electrons. The number of rotatable bonds is 7. The molecule has 0 aliphatic rings. The van der Waals surface area contributed by atoms with E-state index in [-0.39, 0.29) is 17.3 Å². The van der Waals surface area contributed by atoms with Crippen LogP contribution in [0.3, 0.4) is 0 Å². The highest BCUT2D eigenvalue weighted by atomic mass is 79.9. The highest BCUT2D eigenvalue weighted by molar-refractivity contribution is 9.10. The van der Waals surface area contributed by atoms with Crippen molar-refractivity contribution in [1.29, 1.82) is 0 Å². The van der Waals surface area contributed by atoms with Crippen molar-refractivity contribution >= 4 is 31.9 Å². The van der Waals surface area contributed by atoms with E-state index in [2.05, 4.69) is 20.7 Å². The van der Waals surface area contributed by atoms with Crippen LogP contribution >= 0.6 is 15.9 Å². The van der Waals surface area contributed by atoms with Gasteiger partial charge in [-0.3, -0.25) is 4.79 Å². The molecular weight excluding hydrogens is 356 g/mol. The molecule has 1 N–H and O–H groups in total. The Morgan fingerprint density at radius 3 is 2.33 bits per heavy atom. The highest BCUT2D eigenvalue weighted by Gasteiger charge is 2.15. The number of nitrogens with one attached hydrogen (secondary N) is 1. The molecule has 7 heteroatoms. The van der Waals surface area contributed by atoms with Gasteiger partial charge in [0.25, 0.3) is 0 Å². The van der Waals surface area contributed by atoms with Crippen molar-refractivity contribution in [3.63, 3.8) is 0 Å². The van der Waals surface area contributed by atoms with Gasteiger partial charge < -0.3 is 4.90 Å². The van der Waals surface area contributed by atoms with E-state index in [0.29, 0.717) is 19.0 Å². The molecule has 1 amide bonds. The minimum atomic E-state index is -3.54. The monoisotopic (exact) mass is 376 g/mol. The molecule has 0 aliphatic carbocycles. The Kier molecular flexibility index (Phi) is 6.83. The van der Waals surface area contributed by atoms with Crippen LogP contribution in [0.5, 0.6) is 0 Å². The number of hydrogen-bond donors (Lipinski definition) is 1. The normalized spacial score (nSPS) is 11.7. The fourth-order valence-electron chi connectivity index (χ4n) is 1.83. The molecule has 0 unspecified atom stereocenters. The molecule has 1 aromatic rings. The maximum absolute atomic E-state index is 12.1.